The largest absolute Gasteiger partial charge is 0.468 e. The van der Waals surface area contributed by atoms with E-state index in [1.54, 1.807) is 6.07 Å². The van der Waals surface area contributed by atoms with Gasteiger partial charge in [-0.2, -0.15) is 0 Å². The first-order valence-electron chi connectivity index (χ1n) is 6.92. The number of carbonyl (C=O) groups is 1. The maximum Gasteiger partial charge on any atom is 0.341 e. The summed E-state index contributed by atoms with van der Waals surface area (Å²) < 4.78 is 17.3. The Morgan fingerprint density at radius 2 is 2.32 bits per heavy atom. The Hall–Kier alpha value is -1.87. The van der Waals surface area contributed by atoms with Gasteiger partial charge in [0.2, 0.25) is 5.16 Å². The van der Waals surface area contributed by atoms with E-state index in [4.69, 9.17) is 13.9 Å². The van der Waals surface area contributed by atoms with Crippen molar-refractivity contribution in [3.63, 3.8) is 0 Å². The van der Waals surface area contributed by atoms with Crippen LogP contribution < -0.4 is 0 Å². The third kappa shape index (κ3) is 3.14. The number of nitrogens with zero attached hydrogens (tertiary/aromatic N) is 4. The number of esters is 1. The summed E-state index contributed by atoms with van der Waals surface area (Å²) in [6.45, 7) is 1.44. The molecule has 3 heterocycles. The van der Waals surface area contributed by atoms with Crippen molar-refractivity contribution in [1.82, 2.24) is 20.2 Å². The van der Waals surface area contributed by atoms with Gasteiger partial charge in [0.1, 0.15) is 11.3 Å². The molecule has 0 amide bonds. The fourth-order valence-corrected chi connectivity index (χ4v) is 3.21. The van der Waals surface area contributed by atoms with Crippen molar-refractivity contribution in [3.8, 4) is 0 Å². The first-order chi connectivity index (χ1) is 10.8. The lowest BCUT2D eigenvalue weighted by molar-refractivity contribution is 0.0598. The molecule has 1 fully saturated rings. The molecule has 0 atom stereocenters. The van der Waals surface area contributed by atoms with Crippen molar-refractivity contribution in [2.75, 3.05) is 20.3 Å². The lowest BCUT2D eigenvalue weighted by Crippen LogP contribution is -2.21. The number of hydrogen-bond acceptors (Lipinski definition) is 8. The molecule has 0 aliphatic carbocycles. The monoisotopic (exact) mass is 324 g/mol. The van der Waals surface area contributed by atoms with Crippen LogP contribution in [0.2, 0.25) is 0 Å². The molecule has 1 aliphatic heterocycles. The normalized spacial score (nSPS) is 15.9. The Morgan fingerprint density at radius 3 is 3.09 bits per heavy atom. The molecule has 0 saturated carbocycles. The molecule has 8 nitrogen and oxygen atoms in total. The molecule has 2 aromatic rings. The van der Waals surface area contributed by atoms with Gasteiger partial charge < -0.3 is 13.9 Å². The van der Waals surface area contributed by atoms with E-state index in [9.17, 15) is 4.79 Å². The van der Waals surface area contributed by atoms with E-state index in [1.807, 2.05) is 4.68 Å². The molecule has 2 aromatic heterocycles. The summed E-state index contributed by atoms with van der Waals surface area (Å²) in [6, 6.07) is 1.85. The molecule has 9 heteroatoms. The number of aromatic nitrogens is 4. The predicted octanol–water partition coefficient (Wildman–Crippen LogP) is 1.70. The summed E-state index contributed by atoms with van der Waals surface area (Å²) >= 11 is 1.43. The molecule has 0 unspecified atom stereocenters. The number of ether oxygens (including phenoxy) is 2. The lowest BCUT2D eigenvalue weighted by atomic mass is 10.1. The van der Waals surface area contributed by atoms with Crippen LogP contribution in [0.5, 0.6) is 0 Å². The van der Waals surface area contributed by atoms with Crippen LogP contribution in [0.3, 0.4) is 0 Å². The minimum Gasteiger partial charge on any atom is -0.468 e. The molecule has 0 spiro atoms. The van der Waals surface area contributed by atoms with E-state index in [0.29, 0.717) is 22.2 Å². The van der Waals surface area contributed by atoms with Gasteiger partial charge in [0.15, 0.2) is 0 Å². The molecule has 0 bridgehead atoms. The molecular formula is C13H16N4O4S. The van der Waals surface area contributed by atoms with E-state index in [1.165, 1.54) is 25.1 Å². The summed E-state index contributed by atoms with van der Waals surface area (Å²) in [7, 11) is 1.35. The van der Waals surface area contributed by atoms with E-state index in [-0.39, 0.29) is 6.04 Å². The molecule has 3 rings (SSSR count). The summed E-state index contributed by atoms with van der Waals surface area (Å²) in [5.41, 5.74) is 0.431. The molecule has 1 saturated heterocycles. The summed E-state index contributed by atoms with van der Waals surface area (Å²) in [6.07, 6.45) is 3.27. The Kier molecular flexibility index (Phi) is 4.74. The fraction of sp³-hybridized carbons (Fsp3) is 0.538. The second-order valence-electron chi connectivity index (χ2n) is 4.79. The second-order valence-corrected chi connectivity index (χ2v) is 5.73. The molecular weight excluding hydrogens is 308 g/mol. The molecule has 0 aromatic carbocycles. The van der Waals surface area contributed by atoms with Crippen LogP contribution in [0.1, 0.15) is 35.0 Å². The van der Waals surface area contributed by atoms with Crippen molar-refractivity contribution in [1.29, 1.82) is 0 Å². The van der Waals surface area contributed by atoms with Gasteiger partial charge in [-0.1, -0.05) is 11.8 Å². The maximum atomic E-state index is 11.6. The number of carbonyl (C=O) groups excluding carboxylic acids is 1. The van der Waals surface area contributed by atoms with Gasteiger partial charge in [-0.15, -0.1) is 5.10 Å². The number of tetrazole rings is 1. The Balaban J connectivity index is 1.68. The number of furan rings is 1. The minimum absolute atomic E-state index is 0.253. The van der Waals surface area contributed by atoms with Crippen LogP contribution >= 0.6 is 11.8 Å². The summed E-state index contributed by atoms with van der Waals surface area (Å²) in [4.78, 5) is 11.6. The third-order valence-electron chi connectivity index (χ3n) is 3.48. The smallest absolute Gasteiger partial charge is 0.341 e. The van der Waals surface area contributed by atoms with Gasteiger partial charge in [0.25, 0.3) is 0 Å². The van der Waals surface area contributed by atoms with Crippen molar-refractivity contribution < 1.29 is 18.7 Å². The topological polar surface area (TPSA) is 92.3 Å². The van der Waals surface area contributed by atoms with Crippen molar-refractivity contribution in [2.45, 2.75) is 29.8 Å². The SMILES string of the molecule is COC(=O)c1ccoc1CSc1nnnn1C1CCOCC1. The summed E-state index contributed by atoms with van der Waals surface area (Å²) in [5, 5.41) is 12.6. The third-order valence-corrected chi connectivity index (χ3v) is 4.42. The van der Waals surface area contributed by atoms with Gasteiger partial charge in [-0.05, 0) is 29.3 Å². The van der Waals surface area contributed by atoms with Crippen molar-refractivity contribution in [3.05, 3.63) is 23.7 Å². The van der Waals surface area contributed by atoms with E-state index in [0.717, 1.165) is 26.1 Å². The number of methoxy groups -OCH3 is 1. The second kappa shape index (κ2) is 6.93. The zero-order valence-electron chi connectivity index (χ0n) is 12.1. The zero-order valence-corrected chi connectivity index (χ0v) is 12.9. The zero-order chi connectivity index (χ0) is 15.4. The number of rotatable bonds is 5. The highest BCUT2D eigenvalue weighted by molar-refractivity contribution is 7.98. The molecule has 0 N–H and O–H groups in total. The molecule has 1 aliphatic rings. The van der Waals surface area contributed by atoms with Crippen LogP contribution in [-0.4, -0.2) is 46.5 Å². The van der Waals surface area contributed by atoms with Gasteiger partial charge in [-0.3, -0.25) is 0 Å². The predicted molar refractivity (Wildman–Crippen MR) is 76.5 cm³/mol. The highest BCUT2D eigenvalue weighted by Crippen LogP contribution is 2.28. The highest BCUT2D eigenvalue weighted by atomic mass is 32.2. The summed E-state index contributed by atoms with van der Waals surface area (Å²) in [5.74, 6) is 0.604. The van der Waals surface area contributed by atoms with Crippen LogP contribution in [0.15, 0.2) is 21.9 Å². The first kappa shape index (κ1) is 15.0. The first-order valence-corrected chi connectivity index (χ1v) is 7.91. The molecule has 0 radical (unpaired) electrons. The average molecular weight is 324 g/mol. The van der Waals surface area contributed by atoms with Crippen LogP contribution in [0, 0.1) is 0 Å². The number of hydrogen-bond donors (Lipinski definition) is 0. The van der Waals surface area contributed by atoms with Gasteiger partial charge in [-0.25, -0.2) is 9.48 Å². The minimum atomic E-state index is -0.409. The highest BCUT2D eigenvalue weighted by Gasteiger charge is 2.22. The standard InChI is InChI=1S/C13H16N4O4S/c1-19-12(18)10-4-7-21-11(10)8-22-13-14-15-16-17(13)9-2-5-20-6-3-9/h4,7,9H,2-3,5-6,8H2,1H3. The van der Waals surface area contributed by atoms with Gasteiger partial charge >= 0.3 is 5.97 Å². The van der Waals surface area contributed by atoms with Crippen LogP contribution in [0.4, 0.5) is 0 Å². The van der Waals surface area contributed by atoms with Gasteiger partial charge in [0.05, 0.1) is 25.2 Å². The van der Waals surface area contributed by atoms with Crippen LogP contribution in [0.25, 0.3) is 0 Å². The van der Waals surface area contributed by atoms with E-state index < -0.39 is 5.97 Å². The van der Waals surface area contributed by atoms with Crippen molar-refractivity contribution in [2.24, 2.45) is 0 Å². The van der Waals surface area contributed by atoms with E-state index in [2.05, 4.69) is 15.5 Å². The Bertz CT molecular complexity index is 636. The molecule has 118 valence electrons. The average Bonchev–Trinajstić information content (AvgIpc) is 3.21. The molecule has 22 heavy (non-hydrogen) atoms. The van der Waals surface area contributed by atoms with Crippen molar-refractivity contribution >= 4 is 17.7 Å². The quantitative estimate of drug-likeness (QED) is 0.606. The Labute approximate surface area is 131 Å². The lowest BCUT2D eigenvalue weighted by Gasteiger charge is -2.22. The van der Waals surface area contributed by atoms with E-state index >= 15 is 0 Å². The number of thioether (sulfide) groups is 1. The van der Waals surface area contributed by atoms with Gasteiger partial charge in [0, 0.05) is 13.2 Å². The fourth-order valence-electron chi connectivity index (χ4n) is 2.31. The Morgan fingerprint density at radius 1 is 1.50 bits per heavy atom. The maximum absolute atomic E-state index is 11.6. The van der Waals surface area contributed by atoms with Crippen LogP contribution in [-0.2, 0) is 15.2 Å².